The smallest absolute Gasteiger partial charge is 0.239 e. The number of hydrogen-bond donors (Lipinski definition) is 3. The maximum atomic E-state index is 12.6. The molecule has 68 heavy (non-hydrogen) atoms. The van der Waals surface area contributed by atoms with Gasteiger partial charge in [0.1, 0.15) is 47.7 Å². The van der Waals surface area contributed by atoms with E-state index in [1.165, 1.54) is 0 Å². The Morgan fingerprint density at radius 1 is 0.676 bits per heavy atom. The van der Waals surface area contributed by atoms with E-state index < -0.39 is 11.2 Å². The summed E-state index contributed by atoms with van der Waals surface area (Å²) in [7, 11) is 3.78. The van der Waals surface area contributed by atoms with Crippen molar-refractivity contribution in [3.8, 4) is 34.5 Å². The van der Waals surface area contributed by atoms with Crippen LogP contribution in [0.1, 0.15) is 124 Å². The van der Waals surface area contributed by atoms with Crippen LogP contribution in [-0.4, -0.2) is 122 Å². The molecule has 4 aromatic heterocycles. The van der Waals surface area contributed by atoms with Gasteiger partial charge in [-0.2, -0.15) is 0 Å². The Bertz CT molecular complexity index is 2370. The predicted octanol–water partition coefficient (Wildman–Crippen LogP) is 6.61. The number of aromatic nitrogens is 6. The molecule has 3 N–H and O–H groups in total. The maximum Gasteiger partial charge on any atom is 0.239 e. The number of anilines is 2. The molecule has 0 bridgehead atoms. The molecule has 3 aliphatic rings. The first-order chi connectivity index (χ1) is 31.9. The number of likely N-dealkylation sites (N-methyl/N-ethyl adjacent to an activating group) is 2. The van der Waals surface area contributed by atoms with Crippen molar-refractivity contribution in [3.63, 3.8) is 0 Å². The van der Waals surface area contributed by atoms with Crippen LogP contribution in [0.5, 0.6) is 11.5 Å². The lowest BCUT2D eigenvalue weighted by Gasteiger charge is -2.32. The molecule has 1 atom stereocenters. The second-order valence-electron chi connectivity index (χ2n) is 21.4. The predicted molar refractivity (Wildman–Crippen MR) is 263 cm³/mol. The van der Waals surface area contributed by atoms with Gasteiger partial charge in [0, 0.05) is 78.8 Å². The topological polar surface area (TPSA) is 199 Å². The molecule has 0 spiro atoms. The van der Waals surface area contributed by atoms with Crippen molar-refractivity contribution in [2.45, 2.75) is 156 Å². The van der Waals surface area contributed by atoms with E-state index >= 15 is 0 Å². The summed E-state index contributed by atoms with van der Waals surface area (Å²) in [5.41, 5.74) is 3.47. The number of nitrogens with zero attached hydrogens (tertiary/aromatic N) is 8. The fourth-order valence-corrected chi connectivity index (χ4v) is 8.14. The highest BCUT2D eigenvalue weighted by Gasteiger charge is 2.29. The van der Waals surface area contributed by atoms with E-state index in [0.29, 0.717) is 41.1 Å². The fourth-order valence-electron chi connectivity index (χ4n) is 8.14. The van der Waals surface area contributed by atoms with Crippen LogP contribution in [0.15, 0.2) is 36.7 Å². The number of aliphatic hydroxyl groups is 1. The summed E-state index contributed by atoms with van der Waals surface area (Å²) in [6.07, 6.45) is 11.9. The highest BCUT2D eigenvalue weighted by Crippen LogP contribution is 2.33. The molecule has 1 unspecified atom stereocenters. The van der Waals surface area contributed by atoms with Crippen molar-refractivity contribution in [2.75, 3.05) is 56.8 Å². The highest BCUT2D eigenvalue weighted by atomic mass is 16.7. The van der Waals surface area contributed by atoms with Crippen molar-refractivity contribution in [1.82, 2.24) is 40.5 Å². The van der Waals surface area contributed by atoms with E-state index in [1.807, 2.05) is 91.4 Å². The minimum atomic E-state index is -0.934. The molecule has 0 aromatic carbocycles. The van der Waals surface area contributed by atoms with Gasteiger partial charge < -0.3 is 44.5 Å². The number of nitrogens with one attached hydrogen (secondary N) is 2. The van der Waals surface area contributed by atoms with Gasteiger partial charge in [-0.05, 0) is 139 Å². The van der Waals surface area contributed by atoms with Crippen molar-refractivity contribution >= 4 is 23.5 Å². The summed E-state index contributed by atoms with van der Waals surface area (Å²) in [4.78, 5) is 57.0. The van der Waals surface area contributed by atoms with Crippen LogP contribution in [0.3, 0.4) is 0 Å². The Balaban J connectivity index is 0.000000228. The number of carbonyl (C=O) groups excluding carboxylic acids is 2. The van der Waals surface area contributed by atoms with E-state index in [1.54, 1.807) is 38.4 Å². The number of amides is 2. The third kappa shape index (κ3) is 15.5. The minimum Gasteiger partial charge on any atom is -0.490 e. The van der Waals surface area contributed by atoms with Crippen molar-refractivity contribution in [1.29, 1.82) is 0 Å². The number of pyridine rings is 2. The lowest BCUT2D eigenvalue weighted by Crippen LogP contribution is -2.45. The second-order valence-corrected chi connectivity index (χ2v) is 21.4. The van der Waals surface area contributed by atoms with E-state index in [-0.39, 0.29) is 48.9 Å². The van der Waals surface area contributed by atoms with Crippen LogP contribution in [0.25, 0.3) is 23.0 Å². The summed E-state index contributed by atoms with van der Waals surface area (Å²) in [6, 6.07) is 7.21. The zero-order valence-electron chi connectivity index (χ0n) is 42.4. The normalized spacial score (nSPS) is 15.9. The Morgan fingerprint density at radius 2 is 1.15 bits per heavy atom. The average Bonchev–Trinajstić information content (AvgIpc) is 3.94. The number of aryl methyl sites for hydroxylation is 2. The molecule has 1 aliphatic heterocycles. The number of hydrogen-bond acceptors (Lipinski definition) is 15. The third-order valence-electron chi connectivity index (χ3n) is 11.0. The van der Waals surface area contributed by atoms with Crippen molar-refractivity contribution in [3.05, 3.63) is 59.2 Å². The molecule has 1 fully saturated rings. The van der Waals surface area contributed by atoms with Crippen LogP contribution in [0, 0.1) is 0 Å². The SMILES string of the molecule is CN(CC(=O)NC(C)(C)C)c1nc(-c2cc(OCC(C)(C)O)ccn2)nc2c1CCC2.CN(CC(=O)NC(C)(C)C)c1nc(-c2cc(OCC(C)(C)OC3CCCCO3)ccn2)nc2c1CCC2. The van der Waals surface area contributed by atoms with Crippen molar-refractivity contribution < 1.29 is 33.6 Å². The molecule has 370 valence electrons. The Kier molecular flexibility index (Phi) is 16.7. The number of fused-ring (bicyclic) bond motifs is 2. The van der Waals surface area contributed by atoms with Crippen LogP contribution >= 0.6 is 0 Å². The van der Waals surface area contributed by atoms with E-state index in [4.69, 9.17) is 38.9 Å². The van der Waals surface area contributed by atoms with Crippen LogP contribution in [0.4, 0.5) is 11.6 Å². The first-order valence-corrected chi connectivity index (χ1v) is 23.9. The summed E-state index contributed by atoms with van der Waals surface area (Å²) >= 11 is 0. The Hall–Kier alpha value is -5.52. The summed E-state index contributed by atoms with van der Waals surface area (Å²) in [5.74, 6) is 3.78. The average molecular weight is 939 g/mol. The maximum absolute atomic E-state index is 12.6. The lowest BCUT2D eigenvalue weighted by atomic mass is 10.1. The monoisotopic (exact) mass is 939 g/mol. The lowest BCUT2D eigenvalue weighted by molar-refractivity contribution is -0.221. The molecule has 17 heteroatoms. The van der Waals surface area contributed by atoms with Crippen LogP contribution in [-0.2, 0) is 44.7 Å². The zero-order valence-corrected chi connectivity index (χ0v) is 42.4. The zero-order chi connectivity index (χ0) is 49.4. The fraction of sp³-hybridized carbons (Fsp3) is 0.608. The first kappa shape index (κ1) is 51.9. The van der Waals surface area contributed by atoms with Gasteiger partial charge in [-0.25, -0.2) is 19.9 Å². The Morgan fingerprint density at radius 3 is 1.57 bits per heavy atom. The van der Waals surface area contributed by atoms with Gasteiger partial charge >= 0.3 is 0 Å². The number of rotatable bonds is 16. The molecule has 17 nitrogen and oxygen atoms in total. The summed E-state index contributed by atoms with van der Waals surface area (Å²) < 4.78 is 23.7. The largest absolute Gasteiger partial charge is 0.490 e. The standard InChI is InChI=1S/C28H41N5O4.C23H33N5O3/c1-27(2,3)32-23(34)17-33(6)26-20-10-9-11-21(20)30-25(31-26)22-16-19(13-14-29-22)36-18-28(4,5)37-24-12-7-8-15-35-24;1-22(2,3)27-19(29)13-28(6)21-16-8-7-9-17(16)25-20(26-21)18-12-15(10-11-24-18)31-14-23(4,5)30/h13-14,16,24H,7-12,15,17-18H2,1-6H3,(H,32,34);10-12,30H,7-9,13-14H2,1-6H3,(H,27,29). The molecule has 7 rings (SSSR count). The van der Waals surface area contributed by atoms with Gasteiger partial charge in [0.2, 0.25) is 11.8 Å². The molecule has 2 aliphatic carbocycles. The molecular formula is C51H74N10O7. The molecule has 0 radical (unpaired) electrons. The molecule has 4 aromatic rings. The van der Waals surface area contributed by atoms with E-state index in [2.05, 4.69) is 20.6 Å². The van der Waals surface area contributed by atoms with Crippen molar-refractivity contribution in [2.24, 2.45) is 0 Å². The van der Waals surface area contributed by atoms with Crippen LogP contribution in [0.2, 0.25) is 0 Å². The molecule has 5 heterocycles. The Labute approximate surface area is 402 Å². The van der Waals surface area contributed by atoms with Gasteiger partial charge in [-0.1, -0.05) is 0 Å². The summed E-state index contributed by atoms with van der Waals surface area (Å²) in [6.45, 7) is 20.9. The number of ether oxygens (including phenoxy) is 4. The molecule has 0 saturated carbocycles. The van der Waals surface area contributed by atoms with Gasteiger partial charge in [-0.15, -0.1) is 0 Å². The van der Waals surface area contributed by atoms with E-state index in [0.717, 1.165) is 98.5 Å². The quantitative estimate of drug-likeness (QED) is 0.108. The molecule has 2 amide bonds. The summed E-state index contributed by atoms with van der Waals surface area (Å²) in [5, 5.41) is 15.9. The van der Waals surface area contributed by atoms with Gasteiger partial charge in [0.05, 0.1) is 24.3 Å². The number of carbonyl (C=O) groups is 2. The molecule has 1 saturated heterocycles. The molecular weight excluding hydrogens is 865 g/mol. The second kappa shape index (κ2) is 21.8. The van der Waals surface area contributed by atoms with Crippen LogP contribution < -0.4 is 29.9 Å². The highest BCUT2D eigenvalue weighted by molar-refractivity contribution is 5.82. The minimum absolute atomic E-state index is 0.0427. The van der Waals surface area contributed by atoms with Gasteiger partial charge in [0.15, 0.2) is 17.9 Å². The van der Waals surface area contributed by atoms with Gasteiger partial charge in [0.25, 0.3) is 0 Å². The third-order valence-corrected chi connectivity index (χ3v) is 11.0. The van der Waals surface area contributed by atoms with Gasteiger partial charge in [-0.3, -0.25) is 19.6 Å². The van der Waals surface area contributed by atoms with E-state index in [9.17, 15) is 14.7 Å². The first-order valence-electron chi connectivity index (χ1n) is 23.9.